The second-order valence-corrected chi connectivity index (χ2v) is 8.52. The van der Waals surface area contributed by atoms with E-state index in [0.29, 0.717) is 17.9 Å². The summed E-state index contributed by atoms with van der Waals surface area (Å²) in [7, 11) is 0. The fourth-order valence-corrected chi connectivity index (χ4v) is 4.41. The topological polar surface area (TPSA) is 87.7 Å². The number of amides is 2. The Hall–Kier alpha value is -3.30. The lowest BCUT2D eigenvalue weighted by atomic mass is 10.2. The minimum Gasteiger partial charge on any atom is -0.378 e. The fraction of sp³-hybridized carbons (Fsp3) is 0.333. The van der Waals surface area contributed by atoms with Crippen LogP contribution in [0.3, 0.4) is 0 Å². The maximum Gasteiger partial charge on any atom is 0.243 e. The van der Waals surface area contributed by atoms with Crippen LogP contribution in [0.25, 0.3) is 10.6 Å². The first-order valence-electron chi connectivity index (χ1n) is 11.0. The van der Waals surface area contributed by atoms with Crippen LogP contribution in [0, 0.1) is 0 Å². The zero-order chi connectivity index (χ0) is 23.0. The van der Waals surface area contributed by atoms with Gasteiger partial charge in [0.1, 0.15) is 5.01 Å². The van der Waals surface area contributed by atoms with Crippen molar-refractivity contribution in [2.45, 2.75) is 13.3 Å². The summed E-state index contributed by atoms with van der Waals surface area (Å²) in [6.45, 7) is 5.49. The van der Waals surface area contributed by atoms with Gasteiger partial charge in [-0.15, -0.1) is 11.3 Å². The number of hydrogen-bond donors (Lipinski definition) is 1. The number of carbonyl (C=O) groups is 2. The van der Waals surface area contributed by atoms with Crippen LogP contribution in [0.1, 0.15) is 12.6 Å². The zero-order valence-corrected chi connectivity index (χ0v) is 19.4. The molecule has 0 bridgehead atoms. The van der Waals surface area contributed by atoms with E-state index in [1.165, 1.54) is 11.3 Å². The Morgan fingerprint density at radius 2 is 1.97 bits per heavy atom. The SMILES string of the molecule is CCN(CC(=O)Nc1ccc(N2CCOCC2)cc1)C(=O)Cc1csc(-c2cccnc2)n1. The van der Waals surface area contributed by atoms with Crippen LogP contribution < -0.4 is 10.2 Å². The molecular weight excluding hydrogens is 438 g/mol. The van der Waals surface area contributed by atoms with Crippen LogP contribution in [-0.4, -0.2) is 66.1 Å². The first-order valence-corrected chi connectivity index (χ1v) is 11.9. The number of morpholine rings is 1. The number of hydrogen-bond acceptors (Lipinski definition) is 7. The highest BCUT2D eigenvalue weighted by atomic mass is 32.1. The molecular formula is C24H27N5O3S. The number of nitrogens with zero attached hydrogens (tertiary/aromatic N) is 4. The summed E-state index contributed by atoms with van der Waals surface area (Å²) in [5, 5.41) is 5.59. The van der Waals surface area contributed by atoms with Crippen LogP contribution in [-0.2, 0) is 20.7 Å². The van der Waals surface area contributed by atoms with Gasteiger partial charge in [0.2, 0.25) is 11.8 Å². The molecule has 3 heterocycles. The molecule has 1 fully saturated rings. The van der Waals surface area contributed by atoms with Gasteiger partial charge in [-0.1, -0.05) is 0 Å². The smallest absolute Gasteiger partial charge is 0.243 e. The molecule has 2 aromatic heterocycles. The Morgan fingerprint density at radius 3 is 2.67 bits per heavy atom. The monoisotopic (exact) mass is 465 g/mol. The number of anilines is 2. The Labute approximate surface area is 197 Å². The molecule has 1 aromatic carbocycles. The van der Waals surface area contributed by atoms with Crippen LogP contribution in [0.5, 0.6) is 0 Å². The largest absolute Gasteiger partial charge is 0.378 e. The highest BCUT2D eigenvalue weighted by molar-refractivity contribution is 7.13. The van der Waals surface area contributed by atoms with Gasteiger partial charge in [-0.05, 0) is 43.3 Å². The highest BCUT2D eigenvalue weighted by Crippen LogP contribution is 2.23. The molecule has 9 heteroatoms. The number of pyridine rings is 1. The second kappa shape index (κ2) is 11.0. The summed E-state index contributed by atoms with van der Waals surface area (Å²) in [5.74, 6) is -0.350. The van der Waals surface area contributed by atoms with Crippen molar-refractivity contribution in [3.63, 3.8) is 0 Å². The lowest BCUT2D eigenvalue weighted by Gasteiger charge is -2.29. The Bertz CT molecular complexity index is 1070. The van der Waals surface area contributed by atoms with Crippen molar-refractivity contribution in [1.82, 2.24) is 14.9 Å². The molecule has 0 saturated carbocycles. The molecule has 0 radical (unpaired) electrons. The van der Waals surface area contributed by atoms with Crippen molar-refractivity contribution >= 4 is 34.5 Å². The van der Waals surface area contributed by atoms with Crippen LogP contribution >= 0.6 is 11.3 Å². The maximum absolute atomic E-state index is 12.8. The average molecular weight is 466 g/mol. The van der Waals surface area contributed by atoms with Gasteiger partial charge in [0, 0.05) is 54.3 Å². The second-order valence-electron chi connectivity index (χ2n) is 7.66. The molecule has 4 rings (SSSR count). The molecule has 3 aromatic rings. The Morgan fingerprint density at radius 1 is 1.18 bits per heavy atom. The fourth-order valence-electron chi connectivity index (χ4n) is 3.60. The molecule has 33 heavy (non-hydrogen) atoms. The van der Waals surface area contributed by atoms with E-state index in [9.17, 15) is 9.59 Å². The normalized spacial score (nSPS) is 13.5. The van der Waals surface area contributed by atoms with E-state index < -0.39 is 0 Å². The third-order valence-electron chi connectivity index (χ3n) is 5.39. The van der Waals surface area contributed by atoms with E-state index in [1.54, 1.807) is 17.3 Å². The van der Waals surface area contributed by atoms with Crippen LogP contribution in [0.4, 0.5) is 11.4 Å². The number of ether oxygens (including phenoxy) is 1. The maximum atomic E-state index is 12.8. The van der Waals surface area contributed by atoms with Gasteiger partial charge in [0.25, 0.3) is 0 Å². The number of benzene rings is 1. The van der Waals surface area contributed by atoms with Crippen molar-refractivity contribution in [2.24, 2.45) is 0 Å². The predicted molar refractivity (Wildman–Crippen MR) is 129 cm³/mol. The molecule has 1 saturated heterocycles. The van der Waals surface area contributed by atoms with Gasteiger partial charge in [-0.2, -0.15) is 0 Å². The minimum absolute atomic E-state index is 0.000147. The van der Waals surface area contributed by atoms with Gasteiger partial charge >= 0.3 is 0 Å². The standard InChI is InChI=1S/C24H27N5O3S/c1-2-28(23(31)14-20-17-33-24(27-20)18-4-3-9-25-15-18)16-22(30)26-19-5-7-21(8-6-19)29-10-12-32-13-11-29/h3-9,15,17H,2,10-14,16H2,1H3,(H,26,30). The molecule has 8 nitrogen and oxygen atoms in total. The van der Waals surface area contributed by atoms with E-state index >= 15 is 0 Å². The molecule has 2 amide bonds. The molecule has 1 aliphatic heterocycles. The van der Waals surface area contributed by atoms with Crippen molar-refractivity contribution in [1.29, 1.82) is 0 Å². The van der Waals surface area contributed by atoms with Gasteiger partial charge in [0.15, 0.2) is 0 Å². The first-order chi connectivity index (χ1) is 16.1. The van der Waals surface area contributed by atoms with E-state index in [0.717, 1.165) is 42.6 Å². The third-order valence-corrected chi connectivity index (χ3v) is 6.33. The van der Waals surface area contributed by atoms with Gasteiger partial charge in [-0.25, -0.2) is 4.98 Å². The van der Waals surface area contributed by atoms with Crippen molar-refractivity contribution in [3.8, 4) is 10.6 Å². The van der Waals surface area contributed by atoms with Crippen LogP contribution in [0.2, 0.25) is 0 Å². The molecule has 172 valence electrons. The molecule has 0 spiro atoms. The van der Waals surface area contributed by atoms with E-state index in [4.69, 9.17) is 4.74 Å². The lowest BCUT2D eigenvalue weighted by molar-refractivity contribution is -0.133. The third kappa shape index (κ3) is 6.15. The summed E-state index contributed by atoms with van der Waals surface area (Å²) in [6.07, 6.45) is 3.62. The van der Waals surface area contributed by atoms with E-state index in [2.05, 4.69) is 20.2 Å². The molecule has 0 unspecified atom stereocenters. The van der Waals surface area contributed by atoms with Crippen molar-refractivity contribution in [3.05, 3.63) is 59.9 Å². The molecule has 0 atom stereocenters. The number of likely N-dealkylation sites (N-methyl/N-ethyl adjacent to an activating group) is 1. The van der Waals surface area contributed by atoms with Crippen LogP contribution in [0.15, 0.2) is 54.2 Å². The number of carbonyl (C=O) groups excluding carboxylic acids is 2. The first kappa shape index (κ1) is 22.9. The molecule has 1 N–H and O–H groups in total. The minimum atomic E-state index is -0.223. The number of nitrogens with one attached hydrogen (secondary N) is 1. The summed E-state index contributed by atoms with van der Waals surface area (Å²) in [4.78, 5) is 37.8. The quantitative estimate of drug-likeness (QED) is 0.550. The van der Waals surface area contributed by atoms with Gasteiger partial charge < -0.3 is 19.9 Å². The summed E-state index contributed by atoms with van der Waals surface area (Å²) < 4.78 is 5.39. The number of thiazole rings is 1. The van der Waals surface area contributed by atoms with E-state index in [1.807, 2.05) is 48.7 Å². The predicted octanol–water partition coefficient (Wildman–Crippen LogP) is 3.07. The van der Waals surface area contributed by atoms with E-state index in [-0.39, 0.29) is 24.8 Å². The molecule has 1 aliphatic rings. The average Bonchev–Trinajstić information content (AvgIpc) is 3.32. The zero-order valence-electron chi connectivity index (χ0n) is 18.6. The summed E-state index contributed by atoms with van der Waals surface area (Å²) in [6, 6.07) is 11.5. The van der Waals surface area contributed by atoms with Crippen molar-refractivity contribution < 1.29 is 14.3 Å². The number of rotatable bonds is 8. The van der Waals surface area contributed by atoms with Crippen molar-refractivity contribution in [2.75, 3.05) is 49.6 Å². The van der Waals surface area contributed by atoms with Gasteiger partial charge in [-0.3, -0.25) is 14.6 Å². The highest BCUT2D eigenvalue weighted by Gasteiger charge is 2.18. The summed E-state index contributed by atoms with van der Waals surface area (Å²) in [5.41, 5.74) is 3.44. The Balaban J connectivity index is 1.30. The summed E-state index contributed by atoms with van der Waals surface area (Å²) >= 11 is 1.48. The lowest BCUT2D eigenvalue weighted by Crippen LogP contribution is -2.38. The van der Waals surface area contributed by atoms with Gasteiger partial charge in [0.05, 0.1) is 31.9 Å². The molecule has 0 aliphatic carbocycles. The Kier molecular flexibility index (Phi) is 7.64. The number of aromatic nitrogens is 2.